The second kappa shape index (κ2) is 5.28. The van der Waals surface area contributed by atoms with Crippen LogP contribution >= 0.6 is 0 Å². The van der Waals surface area contributed by atoms with E-state index in [0.717, 1.165) is 25.0 Å². The minimum atomic E-state index is -0.364. The molecule has 2 heterocycles. The number of anilines is 1. The number of aromatic nitrogens is 3. The van der Waals surface area contributed by atoms with Crippen LogP contribution in [0.3, 0.4) is 0 Å². The van der Waals surface area contributed by atoms with Gasteiger partial charge in [0.2, 0.25) is 0 Å². The molecule has 0 saturated carbocycles. The molecule has 0 aliphatic heterocycles. The van der Waals surface area contributed by atoms with Crippen molar-refractivity contribution in [2.75, 3.05) is 5.32 Å². The third-order valence-electron chi connectivity index (χ3n) is 3.25. The van der Waals surface area contributed by atoms with Crippen LogP contribution in [0, 0.1) is 6.92 Å². The Hall–Kier alpha value is -2.44. The minimum Gasteiger partial charge on any atom is -0.329 e. The Balaban J connectivity index is 1.68. The Kier molecular flexibility index (Phi) is 3.32. The highest BCUT2D eigenvalue weighted by molar-refractivity contribution is 5.87. The van der Waals surface area contributed by atoms with Gasteiger partial charge in [-0.1, -0.05) is 11.2 Å². The van der Waals surface area contributed by atoms with E-state index in [2.05, 4.69) is 31.8 Å². The van der Waals surface area contributed by atoms with Gasteiger partial charge in [-0.3, -0.25) is 10.3 Å². The van der Waals surface area contributed by atoms with E-state index in [1.807, 2.05) is 6.07 Å². The van der Waals surface area contributed by atoms with Crippen LogP contribution in [0.5, 0.6) is 0 Å². The van der Waals surface area contributed by atoms with Crippen molar-refractivity contribution < 1.29 is 9.32 Å². The maximum atomic E-state index is 11.9. The standard InChI is InChI=1S/C13H15N5O2/c1-8-15-13(20-18-8)17-12(19)16-10-6-2-4-9-5-3-7-14-11(9)10/h3,5,7,10H,2,4,6H2,1H3,(H2,15,16,17,18,19)/t10-/m1/s1. The molecular formula is C13H15N5O2. The van der Waals surface area contributed by atoms with Crippen LogP contribution in [0.4, 0.5) is 10.8 Å². The highest BCUT2D eigenvalue weighted by atomic mass is 16.5. The van der Waals surface area contributed by atoms with Crippen molar-refractivity contribution in [3.8, 4) is 0 Å². The zero-order chi connectivity index (χ0) is 13.9. The second-order valence-corrected chi connectivity index (χ2v) is 4.74. The molecule has 1 aliphatic carbocycles. The molecule has 0 unspecified atom stereocenters. The monoisotopic (exact) mass is 273 g/mol. The summed E-state index contributed by atoms with van der Waals surface area (Å²) in [7, 11) is 0. The van der Waals surface area contributed by atoms with E-state index < -0.39 is 0 Å². The molecule has 0 radical (unpaired) electrons. The Morgan fingerprint density at radius 3 is 3.20 bits per heavy atom. The lowest BCUT2D eigenvalue weighted by atomic mass is 9.92. The average Bonchev–Trinajstić information content (AvgIpc) is 2.84. The third-order valence-corrected chi connectivity index (χ3v) is 3.25. The SMILES string of the molecule is Cc1noc(NC(=O)N[C@@H]2CCCc3cccnc32)n1. The number of pyridine rings is 1. The van der Waals surface area contributed by atoms with Gasteiger partial charge in [0.05, 0.1) is 11.7 Å². The van der Waals surface area contributed by atoms with Gasteiger partial charge in [0.15, 0.2) is 5.82 Å². The lowest BCUT2D eigenvalue weighted by Crippen LogP contribution is -2.35. The predicted octanol–water partition coefficient (Wildman–Crippen LogP) is 1.97. The summed E-state index contributed by atoms with van der Waals surface area (Å²) in [4.78, 5) is 20.2. The molecule has 1 atom stereocenters. The molecule has 2 amide bonds. The van der Waals surface area contributed by atoms with E-state index >= 15 is 0 Å². The van der Waals surface area contributed by atoms with Gasteiger partial charge in [-0.05, 0) is 37.8 Å². The van der Waals surface area contributed by atoms with Gasteiger partial charge in [-0.25, -0.2) is 4.79 Å². The molecule has 2 aromatic heterocycles. The number of urea groups is 1. The number of hydrogen-bond donors (Lipinski definition) is 2. The van der Waals surface area contributed by atoms with Gasteiger partial charge >= 0.3 is 12.0 Å². The molecule has 0 bridgehead atoms. The first-order valence-electron chi connectivity index (χ1n) is 6.54. The first-order chi connectivity index (χ1) is 9.72. The van der Waals surface area contributed by atoms with Crippen LogP contribution in [0.15, 0.2) is 22.9 Å². The fourth-order valence-electron chi connectivity index (χ4n) is 2.39. The zero-order valence-corrected chi connectivity index (χ0v) is 11.1. The Morgan fingerprint density at radius 2 is 2.40 bits per heavy atom. The van der Waals surface area contributed by atoms with Crippen LogP contribution < -0.4 is 10.6 Å². The van der Waals surface area contributed by atoms with Gasteiger partial charge in [0.1, 0.15) is 0 Å². The van der Waals surface area contributed by atoms with Crippen molar-refractivity contribution in [2.45, 2.75) is 32.2 Å². The van der Waals surface area contributed by atoms with Crippen molar-refractivity contribution >= 4 is 12.0 Å². The average molecular weight is 273 g/mol. The Bertz CT molecular complexity index is 625. The van der Waals surface area contributed by atoms with Crippen LogP contribution in [-0.4, -0.2) is 21.2 Å². The van der Waals surface area contributed by atoms with E-state index in [1.54, 1.807) is 13.1 Å². The van der Waals surface area contributed by atoms with E-state index in [1.165, 1.54) is 5.56 Å². The molecule has 2 N–H and O–H groups in total. The van der Waals surface area contributed by atoms with Gasteiger partial charge < -0.3 is 9.84 Å². The first kappa shape index (κ1) is 12.6. The molecule has 7 heteroatoms. The van der Waals surface area contributed by atoms with Crippen molar-refractivity contribution in [1.29, 1.82) is 0 Å². The lowest BCUT2D eigenvalue weighted by molar-refractivity contribution is 0.245. The number of nitrogens with zero attached hydrogens (tertiary/aromatic N) is 3. The van der Waals surface area contributed by atoms with Crippen molar-refractivity contribution in [3.05, 3.63) is 35.4 Å². The summed E-state index contributed by atoms with van der Waals surface area (Å²) in [6.45, 7) is 1.69. The van der Waals surface area contributed by atoms with E-state index in [0.29, 0.717) is 5.82 Å². The van der Waals surface area contributed by atoms with Crippen molar-refractivity contribution in [3.63, 3.8) is 0 Å². The second-order valence-electron chi connectivity index (χ2n) is 4.74. The zero-order valence-electron chi connectivity index (χ0n) is 11.1. The molecule has 0 spiro atoms. The van der Waals surface area contributed by atoms with E-state index in [-0.39, 0.29) is 18.1 Å². The molecule has 104 valence electrons. The molecule has 20 heavy (non-hydrogen) atoms. The van der Waals surface area contributed by atoms with Crippen molar-refractivity contribution in [2.24, 2.45) is 0 Å². The van der Waals surface area contributed by atoms with Crippen molar-refractivity contribution in [1.82, 2.24) is 20.4 Å². The topological polar surface area (TPSA) is 92.9 Å². The highest BCUT2D eigenvalue weighted by Crippen LogP contribution is 2.27. The first-order valence-corrected chi connectivity index (χ1v) is 6.54. The van der Waals surface area contributed by atoms with E-state index in [9.17, 15) is 4.79 Å². The lowest BCUT2D eigenvalue weighted by Gasteiger charge is -2.24. The molecule has 2 aromatic rings. The summed E-state index contributed by atoms with van der Waals surface area (Å²) in [5.41, 5.74) is 2.13. The fraction of sp³-hybridized carbons (Fsp3) is 0.385. The summed E-state index contributed by atoms with van der Waals surface area (Å²) in [6.07, 6.45) is 4.66. The summed E-state index contributed by atoms with van der Waals surface area (Å²) in [5.74, 6) is 0.477. The highest BCUT2D eigenvalue weighted by Gasteiger charge is 2.23. The summed E-state index contributed by atoms with van der Waals surface area (Å²) >= 11 is 0. The largest absolute Gasteiger partial charge is 0.329 e. The quantitative estimate of drug-likeness (QED) is 0.872. The van der Waals surface area contributed by atoms with Gasteiger partial charge in [-0.2, -0.15) is 4.98 Å². The fourth-order valence-corrected chi connectivity index (χ4v) is 2.39. The van der Waals surface area contributed by atoms with Crippen LogP contribution in [0.1, 0.15) is 36.0 Å². The number of aryl methyl sites for hydroxylation is 2. The van der Waals surface area contributed by atoms with Gasteiger partial charge in [0.25, 0.3) is 0 Å². The molecule has 0 aromatic carbocycles. The summed E-state index contributed by atoms with van der Waals surface area (Å²) < 4.78 is 4.84. The summed E-state index contributed by atoms with van der Waals surface area (Å²) in [5, 5.41) is 9.03. The number of carbonyl (C=O) groups excluding carboxylic acids is 1. The number of fused-ring (bicyclic) bond motifs is 1. The number of nitrogens with one attached hydrogen (secondary N) is 2. The van der Waals surface area contributed by atoms with Crippen LogP contribution in [0.25, 0.3) is 0 Å². The third kappa shape index (κ3) is 2.61. The molecule has 1 aliphatic rings. The van der Waals surface area contributed by atoms with Gasteiger partial charge in [-0.15, -0.1) is 0 Å². The number of rotatable bonds is 2. The van der Waals surface area contributed by atoms with Crippen LogP contribution in [-0.2, 0) is 6.42 Å². The summed E-state index contributed by atoms with van der Waals surface area (Å²) in [6, 6.07) is 3.62. The predicted molar refractivity (Wildman–Crippen MR) is 71.1 cm³/mol. The maximum Gasteiger partial charge on any atom is 0.329 e. The number of carbonyl (C=O) groups is 1. The Labute approximate surface area is 115 Å². The normalized spacial score (nSPS) is 17.4. The van der Waals surface area contributed by atoms with E-state index in [4.69, 9.17) is 4.52 Å². The minimum absolute atomic E-state index is 0.0797. The molecule has 7 nitrogen and oxygen atoms in total. The Morgan fingerprint density at radius 1 is 1.50 bits per heavy atom. The maximum absolute atomic E-state index is 11.9. The molecule has 0 fully saturated rings. The van der Waals surface area contributed by atoms with Crippen LogP contribution in [0.2, 0.25) is 0 Å². The van der Waals surface area contributed by atoms with Gasteiger partial charge in [0, 0.05) is 6.20 Å². The number of amides is 2. The molecular weight excluding hydrogens is 258 g/mol. The molecule has 0 saturated heterocycles. The molecule has 3 rings (SSSR count). The number of hydrogen-bond acceptors (Lipinski definition) is 5. The smallest absolute Gasteiger partial charge is 0.329 e.